The van der Waals surface area contributed by atoms with E-state index in [9.17, 15) is 9.18 Å². The minimum atomic E-state index is -1.14. The lowest BCUT2D eigenvalue weighted by molar-refractivity contribution is 0.0695. The van der Waals surface area contributed by atoms with Crippen molar-refractivity contribution in [1.29, 1.82) is 0 Å². The minimum absolute atomic E-state index is 0.0264. The van der Waals surface area contributed by atoms with Crippen LogP contribution in [0.15, 0.2) is 41.6 Å². The number of aromatic carboxylic acids is 1. The standard InChI is InChI=1S/C13H9ClFNO2S/c14-9-2-4-12(16-6-9)19-7-8-1-3-10(15)5-11(8)13(17)18/h1-6H,7H2,(H,17,18). The number of hydrogen-bond acceptors (Lipinski definition) is 3. The monoisotopic (exact) mass is 297 g/mol. The summed E-state index contributed by atoms with van der Waals surface area (Å²) in [7, 11) is 0. The maximum Gasteiger partial charge on any atom is 0.336 e. The molecule has 0 amide bonds. The highest BCUT2D eigenvalue weighted by Crippen LogP contribution is 2.24. The van der Waals surface area contributed by atoms with Crippen LogP contribution in [0.25, 0.3) is 0 Å². The molecule has 0 saturated heterocycles. The molecule has 2 aromatic rings. The van der Waals surface area contributed by atoms with Crippen LogP contribution >= 0.6 is 23.4 Å². The molecule has 0 atom stereocenters. The summed E-state index contributed by atoms with van der Waals surface area (Å²) in [6, 6.07) is 7.20. The molecule has 6 heteroatoms. The summed E-state index contributed by atoms with van der Waals surface area (Å²) in [5.41, 5.74) is 0.525. The Bertz CT molecular complexity index is 604. The van der Waals surface area contributed by atoms with E-state index in [2.05, 4.69) is 4.98 Å². The molecule has 0 bridgehead atoms. The molecular formula is C13H9ClFNO2S. The Labute approximate surface area is 118 Å². The van der Waals surface area contributed by atoms with Crippen molar-refractivity contribution in [2.75, 3.05) is 0 Å². The van der Waals surface area contributed by atoms with Gasteiger partial charge in [0.05, 0.1) is 15.6 Å². The van der Waals surface area contributed by atoms with E-state index in [1.165, 1.54) is 30.1 Å². The molecular weight excluding hydrogens is 289 g/mol. The Balaban J connectivity index is 2.15. The summed E-state index contributed by atoms with van der Waals surface area (Å²) < 4.78 is 13.0. The predicted molar refractivity (Wildman–Crippen MR) is 72.2 cm³/mol. The highest BCUT2D eigenvalue weighted by atomic mass is 35.5. The third kappa shape index (κ3) is 3.68. The molecule has 0 aliphatic rings. The third-order valence-corrected chi connectivity index (χ3v) is 3.59. The van der Waals surface area contributed by atoms with Crippen LogP contribution in [-0.2, 0) is 5.75 Å². The first-order chi connectivity index (χ1) is 9.06. The summed E-state index contributed by atoms with van der Waals surface area (Å²) in [4.78, 5) is 15.1. The molecule has 1 aromatic carbocycles. The van der Waals surface area contributed by atoms with Gasteiger partial charge in [0, 0.05) is 11.9 Å². The van der Waals surface area contributed by atoms with Crippen molar-refractivity contribution in [3.63, 3.8) is 0 Å². The summed E-state index contributed by atoms with van der Waals surface area (Å²) >= 11 is 7.09. The Kier molecular flexibility index (Phi) is 4.39. The fourth-order valence-electron chi connectivity index (χ4n) is 1.47. The number of hydrogen-bond donors (Lipinski definition) is 1. The molecule has 0 aliphatic carbocycles. The van der Waals surface area contributed by atoms with Gasteiger partial charge < -0.3 is 5.11 Å². The Morgan fingerprint density at radius 3 is 2.79 bits per heavy atom. The van der Waals surface area contributed by atoms with Crippen LogP contribution in [0.1, 0.15) is 15.9 Å². The van der Waals surface area contributed by atoms with E-state index in [1.54, 1.807) is 12.1 Å². The van der Waals surface area contributed by atoms with E-state index in [0.29, 0.717) is 16.3 Å². The average Bonchev–Trinajstić information content (AvgIpc) is 2.39. The maximum atomic E-state index is 13.0. The number of rotatable bonds is 4. The van der Waals surface area contributed by atoms with Crippen molar-refractivity contribution in [2.45, 2.75) is 10.8 Å². The zero-order valence-electron chi connectivity index (χ0n) is 9.64. The number of pyridine rings is 1. The van der Waals surface area contributed by atoms with Gasteiger partial charge in [-0.05, 0) is 29.8 Å². The number of benzene rings is 1. The molecule has 1 aromatic heterocycles. The lowest BCUT2D eigenvalue weighted by Gasteiger charge is -2.05. The summed E-state index contributed by atoms with van der Waals surface area (Å²) in [5, 5.41) is 10.3. The first-order valence-electron chi connectivity index (χ1n) is 5.32. The highest BCUT2D eigenvalue weighted by Gasteiger charge is 2.11. The Morgan fingerprint density at radius 2 is 2.16 bits per heavy atom. The van der Waals surface area contributed by atoms with Crippen LogP contribution in [0.5, 0.6) is 0 Å². The molecule has 0 fully saturated rings. The molecule has 0 unspecified atom stereocenters. The van der Waals surface area contributed by atoms with Gasteiger partial charge in [-0.25, -0.2) is 14.2 Å². The first kappa shape index (κ1) is 13.8. The van der Waals surface area contributed by atoms with Crippen LogP contribution in [0.2, 0.25) is 5.02 Å². The van der Waals surface area contributed by atoms with E-state index < -0.39 is 11.8 Å². The predicted octanol–water partition coefficient (Wildman–Crippen LogP) is 3.86. The second-order valence-electron chi connectivity index (χ2n) is 3.71. The number of carboxylic acid groups (broad SMARTS) is 1. The van der Waals surface area contributed by atoms with Crippen molar-refractivity contribution in [2.24, 2.45) is 0 Å². The number of nitrogens with zero attached hydrogens (tertiary/aromatic N) is 1. The SMILES string of the molecule is O=C(O)c1cc(F)ccc1CSc1ccc(Cl)cn1. The van der Waals surface area contributed by atoms with Crippen LogP contribution in [0, 0.1) is 5.82 Å². The minimum Gasteiger partial charge on any atom is -0.478 e. The second kappa shape index (κ2) is 6.04. The van der Waals surface area contributed by atoms with Crippen LogP contribution in [0.3, 0.4) is 0 Å². The maximum absolute atomic E-state index is 13.0. The first-order valence-corrected chi connectivity index (χ1v) is 6.68. The van der Waals surface area contributed by atoms with Gasteiger partial charge in [-0.3, -0.25) is 0 Å². The van der Waals surface area contributed by atoms with E-state index in [0.717, 1.165) is 11.1 Å². The average molecular weight is 298 g/mol. The van der Waals surface area contributed by atoms with Crippen molar-refractivity contribution in [1.82, 2.24) is 4.98 Å². The Hall–Kier alpha value is -1.59. The van der Waals surface area contributed by atoms with Gasteiger partial charge in [0.1, 0.15) is 5.82 Å². The van der Waals surface area contributed by atoms with Crippen molar-refractivity contribution >= 4 is 29.3 Å². The highest BCUT2D eigenvalue weighted by molar-refractivity contribution is 7.98. The zero-order valence-corrected chi connectivity index (χ0v) is 11.2. The van der Waals surface area contributed by atoms with Gasteiger partial charge in [-0.1, -0.05) is 17.7 Å². The van der Waals surface area contributed by atoms with Crippen molar-refractivity contribution < 1.29 is 14.3 Å². The van der Waals surface area contributed by atoms with Gasteiger partial charge >= 0.3 is 5.97 Å². The lowest BCUT2D eigenvalue weighted by atomic mass is 10.1. The lowest BCUT2D eigenvalue weighted by Crippen LogP contribution is -2.02. The quantitative estimate of drug-likeness (QED) is 0.871. The van der Waals surface area contributed by atoms with E-state index >= 15 is 0 Å². The molecule has 0 radical (unpaired) electrons. The summed E-state index contributed by atoms with van der Waals surface area (Å²) in [5.74, 6) is -1.30. The van der Waals surface area contributed by atoms with E-state index in [1.807, 2.05) is 0 Å². The molecule has 0 spiro atoms. The Morgan fingerprint density at radius 1 is 1.37 bits per heavy atom. The number of carbonyl (C=O) groups is 1. The fraction of sp³-hybridized carbons (Fsp3) is 0.0769. The molecule has 0 aliphatic heterocycles. The van der Waals surface area contributed by atoms with Gasteiger partial charge in [-0.2, -0.15) is 0 Å². The number of carboxylic acids is 1. The zero-order chi connectivity index (χ0) is 13.8. The van der Waals surface area contributed by atoms with Crippen molar-refractivity contribution in [3.05, 3.63) is 58.5 Å². The molecule has 0 saturated carbocycles. The number of thioether (sulfide) groups is 1. The van der Waals surface area contributed by atoms with E-state index in [-0.39, 0.29) is 5.56 Å². The van der Waals surface area contributed by atoms with Crippen LogP contribution < -0.4 is 0 Å². The molecule has 2 rings (SSSR count). The van der Waals surface area contributed by atoms with Crippen LogP contribution in [0.4, 0.5) is 4.39 Å². The largest absolute Gasteiger partial charge is 0.478 e. The van der Waals surface area contributed by atoms with Gasteiger partial charge in [0.25, 0.3) is 0 Å². The van der Waals surface area contributed by atoms with Gasteiger partial charge in [-0.15, -0.1) is 11.8 Å². The van der Waals surface area contributed by atoms with Gasteiger partial charge in [0.2, 0.25) is 0 Å². The van der Waals surface area contributed by atoms with E-state index in [4.69, 9.17) is 16.7 Å². The van der Waals surface area contributed by atoms with Crippen LogP contribution in [-0.4, -0.2) is 16.1 Å². The topological polar surface area (TPSA) is 50.2 Å². The second-order valence-corrected chi connectivity index (χ2v) is 5.14. The molecule has 19 heavy (non-hydrogen) atoms. The summed E-state index contributed by atoms with van der Waals surface area (Å²) in [6.07, 6.45) is 1.52. The van der Waals surface area contributed by atoms with Crippen molar-refractivity contribution in [3.8, 4) is 0 Å². The fourth-order valence-corrected chi connectivity index (χ4v) is 2.43. The molecule has 98 valence electrons. The smallest absolute Gasteiger partial charge is 0.336 e. The van der Waals surface area contributed by atoms with Gasteiger partial charge in [0.15, 0.2) is 0 Å². The molecule has 1 N–H and O–H groups in total. The number of halogens is 2. The number of aromatic nitrogens is 1. The normalized spacial score (nSPS) is 10.4. The molecule has 1 heterocycles. The summed E-state index contributed by atoms with van der Waals surface area (Å²) in [6.45, 7) is 0. The third-order valence-electron chi connectivity index (χ3n) is 2.38. The molecule has 3 nitrogen and oxygen atoms in total.